The molecule has 3 heterocycles. The van der Waals surface area contributed by atoms with Crippen LogP contribution in [0.25, 0.3) is 0 Å². The Kier molecular flexibility index (Phi) is 8.12. The summed E-state index contributed by atoms with van der Waals surface area (Å²) in [6, 6.07) is 3.41. The van der Waals surface area contributed by atoms with Crippen LogP contribution in [-0.4, -0.2) is 71.9 Å². The molecule has 28 heavy (non-hydrogen) atoms. The number of nitrogens with one attached hydrogen (secondary N) is 1. The molecular weight excluding hydrogens is 497 g/mol. The van der Waals surface area contributed by atoms with E-state index in [9.17, 15) is 8.42 Å². The first kappa shape index (κ1) is 22.5. The molecular formula is C16H24IN7O3S. The Hall–Kier alpha value is -1.80. The molecule has 0 bridgehead atoms. The van der Waals surface area contributed by atoms with Crippen molar-refractivity contribution in [3.8, 4) is 0 Å². The van der Waals surface area contributed by atoms with Gasteiger partial charge in [-0.3, -0.25) is 4.99 Å². The van der Waals surface area contributed by atoms with E-state index in [0.717, 1.165) is 17.5 Å². The number of aryl methyl sites for hydroxylation is 1. The van der Waals surface area contributed by atoms with Gasteiger partial charge in [-0.05, 0) is 13.0 Å². The highest BCUT2D eigenvalue weighted by molar-refractivity contribution is 14.0. The summed E-state index contributed by atoms with van der Waals surface area (Å²) in [7, 11) is -1.71. The molecule has 1 aliphatic heterocycles. The summed E-state index contributed by atoms with van der Waals surface area (Å²) in [5, 5.41) is 6.95. The van der Waals surface area contributed by atoms with Gasteiger partial charge < -0.3 is 14.7 Å². The van der Waals surface area contributed by atoms with E-state index in [1.807, 2.05) is 17.9 Å². The van der Waals surface area contributed by atoms with Crippen molar-refractivity contribution in [3.63, 3.8) is 0 Å². The van der Waals surface area contributed by atoms with E-state index in [1.165, 1.54) is 10.6 Å². The molecule has 0 spiro atoms. The molecule has 3 rings (SSSR count). The Labute approximate surface area is 181 Å². The van der Waals surface area contributed by atoms with Crippen molar-refractivity contribution in [1.82, 2.24) is 29.6 Å². The number of sulfonamides is 1. The number of aromatic nitrogens is 3. The molecule has 1 aliphatic rings. The van der Waals surface area contributed by atoms with Crippen molar-refractivity contribution in [1.29, 1.82) is 0 Å². The third-order valence-electron chi connectivity index (χ3n) is 4.23. The van der Waals surface area contributed by atoms with Crippen LogP contribution < -0.4 is 5.32 Å². The monoisotopic (exact) mass is 521 g/mol. The molecule has 1 saturated heterocycles. The standard InChI is InChI=1S/C16H23N7O3S.HI/c1-13-18-5-3-14(20-13)11-19-16(17-2)22-6-8-23(9-7-22)27(24,25)12-15-4-10-26-21-15;/h3-5,10H,6-9,11-12H2,1-2H3,(H,17,19);1H. The minimum absolute atomic E-state index is 0. The number of piperazine rings is 1. The molecule has 2 aromatic heterocycles. The molecule has 0 amide bonds. The van der Waals surface area contributed by atoms with Crippen molar-refractivity contribution < 1.29 is 12.9 Å². The fourth-order valence-corrected chi connectivity index (χ4v) is 4.30. The van der Waals surface area contributed by atoms with Gasteiger partial charge in [0, 0.05) is 45.5 Å². The van der Waals surface area contributed by atoms with Gasteiger partial charge in [0.05, 0.1) is 17.9 Å². The maximum absolute atomic E-state index is 12.5. The summed E-state index contributed by atoms with van der Waals surface area (Å²) in [6.07, 6.45) is 3.10. The van der Waals surface area contributed by atoms with Crippen molar-refractivity contribution >= 4 is 40.0 Å². The van der Waals surface area contributed by atoms with Crippen molar-refractivity contribution in [2.45, 2.75) is 19.2 Å². The molecule has 1 fully saturated rings. The Morgan fingerprint density at radius 2 is 2.00 bits per heavy atom. The van der Waals surface area contributed by atoms with E-state index in [2.05, 4.69) is 25.4 Å². The van der Waals surface area contributed by atoms with E-state index in [1.54, 1.807) is 19.3 Å². The molecule has 12 heteroatoms. The lowest BCUT2D eigenvalue weighted by atomic mass is 10.3. The van der Waals surface area contributed by atoms with E-state index < -0.39 is 10.0 Å². The van der Waals surface area contributed by atoms with Crippen molar-refractivity contribution in [3.05, 3.63) is 41.8 Å². The van der Waals surface area contributed by atoms with Crippen LogP contribution in [0.5, 0.6) is 0 Å². The van der Waals surface area contributed by atoms with Crippen LogP contribution in [-0.2, 0) is 22.3 Å². The van der Waals surface area contributed by atoms with Crippen LogP contribution >= 0.6 is 24.0 Å². The third-order valence-corrected chi connectivity index (χ3v) is 6.04. The third kappa shape index (κ3) is 5.85. The van der Waals surface area contributed by atoms with Gasteiger partial charge >= 0.3 is 0 Å². The molecule has 10 nitrogen and oxygen atoms in total. The molecule has 0 aromatic carbocycles. The smallest absolute Gasteiger partial charge is 0.220 e. The highest BCUT2D eigenvalue weighted by atomic mass is 127. The summed E-state index contributed by atoms with van der Waals surface area (Å²) < 4.78 is 31.2. The zero-order valence-corrected chi connectivity index (χ0v) is 18.9. The van der Waals surface area contributed by atoms with Gasteiger partial charge in [0.25, 0.3) is 0 Å². The van der Waals surface area contributed by atoms with Crippen LogP contribution in [0.15, 0.2) is 34.1 Å². The zero-order chi connectivity index (χ0) is 19.3. The van der Waals surface area contributed by atoms with Gasteiger partial charge in [0.2, 0.25) is 10.0 Å². The molecule has 0 saturated carbocycles. The normalized spacial score (nSPS) is 15.9. The Balaban J connectivity index is 0.00000280. The first-order valence-electron chi connectivity index (χ1n) is 8.59. The maximum atomic E-state index is 12.5. The SMILES string of the molecule is CN=C(NCc1ccnc(C)n1)N1CCN(S(=O)(=O)Cc2ccon2)CC1.I. The average molecular weight is 521 g/mol. The van der Waals surface area contributed by atoms with Gasteiger partial charge in [0.15, 0.2) is 5.96 Å². The predicted octanol–water partition coefficient (Wildman–Crippen LogP) is 0.614. The largest absolute Gasteiger partial charge is 0.364 e. The predicted molar refractivity (Wildman–Crippen MR) is 115 cm³/mol. The lowest BCUT2D eigenvalue weighted by Gasteiger charge is -2.35. The Morgan fingerprint density at radius 1 is 1.25 bits per heavy atom. The second-order valence-electron chi connectivity index (χ2n) is 6.13. The molecule has 1 N–H and O–H groups in total. The number of rotatable bonds is 5. The lowest BCUT2D eigenvalue weighted by molar-refractivity contribution is 0.259. The summed E-state index contributed by atoms with van der Waals surface area (Å²) in [4.78, 5) is 14.8. The summed E-state index contributed by atoms with van der Waals surface area (Å²) in [5.74, 6) is 1.29. The molecule has 154 valence electrons. The molecule has 0 atom stereocenters. The highest BCUT2D eigenvalue weighted by Gasteiger charge is 2.28. The van der Waals surface area contributed by atoms with E-state index in [-0.39, 0.29) is 29.7 Å². The van der Waals surface area contributed by atoms with Gasteiger partial charge in [0.1, 0.15) is 17.8 Å². The Bertz CT molecular complexity index is 881. The second kappa shape index (κ2) is 10.1. The molecule has 0 unspecified atom stereocenters. The van der Waals surface area contributed by atoms with Gasteiger partial charge in [-0.15, -0.1) is 24.0 Å². The van der Waals surface area contributed by atoms with Crippen molar-refractivity contribution in [2.24, 2.45) is 4.99 Å². The average Bonchev–Trinajstić information content (AvgIpc) is 3.15. The minimum Gasteiger partial charge on any atom is -0.364 e. The quantitative estimate of drug-likeness (QED) is 0.346. The van der Waals surface area contributed by atoms with E-state index in [4.69, 9.17) is 4.52 Å². The van der Waals surface area contributed by atoms with Gasteiger partial charge in [-0.1, -0.05) is 5.16 Å². The van der Waals surface area contributed by atoms with Gasteiger partial charge in [-0.2, -0.15) is 4.31 Å². The fourth-order valence-electron chi connectivity index (χ4n) is 2.87. The number of aliphatic imine (C=N–C) groups is 1. The highest BCUT2D eigenvalue weighted by Crippen LogP contribution is 2.13. The second-order valence-corrected chi connectivity index (χ2v) is 8.10. The molecule has 2 aromatic rings. The number of nitrogens with zero attached hydrogens (tertiary/aromatic N) is 6. The van der Waals surface area contributed by atoms with E-state index >= 15 is 0 Å². The summed E-state index contributed by atoms with van der Waals surface area (Å²) in [6.45, 7) is 4.28. The number of guanidine groups is 1. The maximum Gasteiger partial charge on any atom is 0.220 e. The summed E-state index contributed by atoms with van der Waals surface area (Å²) >= 11 is 0. The minimum atomic E-state index is -3.42. The van der Waals surface area contributed by atoms with Gasteiger partial charge in [-0.25, -0.2) is 18.4 Å². The number of hydrogen-bond acceptors (Lipinski definition) is 7. The first-order chi connectivity index (χ1) is 13.0. The molecule has 0 radical (unpaired) electrons. The molecule has 0 aliphatic carbocycles. The van der Waals surface area contributed by atoms with Crippen molar-refractivity contribution in [2.75, 3.05) is 33.2 Å². The number of halogens is 1. The van der Waals surface area contributed by atoms with Crippen LogP contribution in [0.4, 0.5) is 0 Å². The zero-order valence-electron chi connectivity index (χ0n) is 15.8. The van der Waals surface area contributed by atoms with Crippen LogP contribution in [0.3, 0.4) is 0 Å². The lowest BCUT2D eigenvalue weighted by Crippen LogP contribution is -2.53. The fraction of sp³-hybridized carbons (Fsp3) is 0.500. The van der Waals surface area contributed by atoms with Crippen LogP contribution in [0.1, 0.15) is 17.2 Å². The van der Waals surface area contributed by atoms with E-state index in [0.29, 0.717) is 38.4 Å². The topological polar surface area (TPSA) is 117 Å². The number of hydrogen-bond donors (Lipinski definition) is 1. The van der Waals surface area contributed by atoms with Crippen LogP contribution in [0, 0.1) is 6.92 Å². The Morgan fingerprint density at radius 3 is 2.61 bits per heavy atom. The summed E-state index contributed by atoms with van der Waals surface area (Å²) in [5.41, 5.74) is 1.28. The first-order valence-corrected chi connectivity index (χ1v) is 10.2. The van der Waals surface area contributed by atoms with Crippen LogP contribution in [0.2, 0.25) is 0 Å².